The average molecular weight is 370 g/mol. The normalized spacial score (nSPS) is 16.4. The lowest BCUT2D eigenvalue weighted by molar-refractivity contribution is 0.0938. The molecule has 4 nitrogen and oxygen atoms in total. The lowest BCUT2D eigenvalue weighted by Crippen LogP contribution is -2.21. The first-order valence-corrected chi connectivity index (χ1v) is 7.97. The summed E-state index contributed by atoms with van der Waals surface area (Å²) in [6.45, 7) is 1.92. The minimum atomic E-state index is -0.490. The molecule has 23 heavy (non-hydrogen) atoms. The van der Waals surface area contributed by atoms with E-state index in [1.54, 1.807) is 12.1 Å². The molecule has 1 aliphatic heterocycles. The highest BCUT2D eigenvalue weighted by atomic mass is 79.9. The molecule has 0 radical (unpaired) electrons. The number of rotatable bonds is 1. The number of fused-ring (bicyclic) bond motifs is 2. The summed E-state index contributed by atoms with van der Waals surface area (Å²) in [5.74, 6) is -0.249. The first-order valence-electron chi connectivity index (χ1n) is 7.18. The maximum absolute atomic E-state index is 12.9. The van der Waals surface area contributed by atoms with Crippen LogP contribution in [0.3, 0.4) is 0 Å². The van der Waals surface area contributed by atoms with E-state index in [-0.39, 0.29) is 17.1 Å². The molecule has 0 spiro atoms. The van der Waals surface area contributed by atoms with E-state index in [1.807, 2.05) is 37.3 Å². The molecule has 5 heteroatoms. The van der Waals surface area contributed by atoms with Crippen molar-refractivity contribution >= 4 is 32.8 Å². The second-order valence-corrected chi connectivity index (χ2v) is 6.55. The number of carbonyl (C=O) groups excluding carboxylic acids is 1. The topological polar surface area (TPSA) is 59.3 Å². The molecule has 1 atom stereocenters. The molecule has 0 saturated heterocycles. The third-order valence-electron chi connectivity index (χ3n) is 4.03. The number of halogens is 1. The number of hydrogen-bond donors (Lipinski definition) is 1. The van der Waals surface area contributed by atoms with Gasteiger partial charge in [0.2, 0.25) is 5.76 Å². The Labute approximate surface area is 140 Å². The van der Waals surface area contributed by atoms with Crippen LogP contribution in [0, 0.1) is 6.92 Å². The van der Waals surface area contributed by atoms with Crippen molar-refractivity contribution in [2.24, 2.45) is 0 Å². The summed E-state index contributed by atoms with van der Waals surface area (Å²) in [4.78, 5) is 25.2. The van der Waals surface area contributed by atoms with E-state index in [1.165, 1.54) is 0 Å². The monoisotopic (exact) mass is 369 g/mol. The molecule has 4 rings (SSSR count). The van der Waals surface area contributed by atoms with Crippen molar-refractivity contribution in [1.29, 1.82) is 0 Å². The number of carbonyl (C=O) groups is 1. The Balaban J connectivity index is 2.01. The molecule has 1 aliphatic rings. The molecule has 1 amide bonds. The van der Waals surface area contributed by atoms with Crippen LogP contribution in [0.25, 0.3) is 11.0 Å². The lowest BCUT2D eigenvalue weighted by Gasteiger charge is -2.11. The van der Waals surface area contributed by atoms with Gasteiger partial charge in [-0.2, -0.15) is 0 Å². The number of nitrogens with one attached hydrogen (secondary N) is 1. The fourth-order valence-corrected chi connectivity index (χ4v) is 3.38. The summed E-state index contributed by atoms with van der Waals surface area (Å²) >= 11 is 3.42. The second-order valence-electron chi connectivity index (χ2n) is 5.64. The van der Waals surface area contributed by atoms with Gasteiger partial charge in [-0.1, -0.05) is 39.7 Å². The quantitative estimate of drug-likeness (QED) is 0.711. The molecule has 1 aromatic heterocycles. The summed E-state index contributed by atoms with van der Waals surface area (Å²) in [7, 11) is 0. The average Bonchev–Trinajstić information content (AvgIpc) is 2.86. The molecular weight excluding hydrogens is 358 g/mol. The van der Waals surface area contributed by atoms with Gasteiger partial charge in [0, 0.05) is 4.47 Å². The first kappa shape index (κ1) is 14.2. The van der Waals surface area contributed by atoms with Gasteiger partial charge < -0.3 is 9.73 Å². The van der Waals surface area contributed by atoms with E-state index < -0.39 is 6.04 Å². The van der Waals surface area contributed by atoms with Crippen LogP contribution in [0.2, 0.25) is 0 Å². The van der Waals surface area contributed by atoms with Crippen molar-refractivity contribution in [2.75, 3.05) is 0 Å². The zero-order valence-electron chi connectivity index (χ0n) is 12.2. The van der Waals surface area contributed by atoms with E-state index in [2.05, 4.69) is 21.2 Å². The van der Waals surface area contributed by atoms with E-state index >= 15 is 0 Å². The van der Waals surface area contributed by atoms with E-state index in [0.29, 0.717) is 16.5 Å². The van der Waals surface area contributed by atoms with E-state index in [4.69, 9.17) is 4.42 Å². The van der Waals surface area contributed by atoms with Gasteiger partial charge in [0.05, 0.1) is 17.0 Å². The number of amides is 1. The predicted molar refractivity (Wildman–Crippen MR) is 90.7 cm³/mol. The van der Waals surface area contributed by atoms with E-state index in [0.717, 1.165) is 15.6 Å². The molecule has 3 aromatic rings. The maximum Gasteiger partial charge on any atom is 0.288 e. The van der Waals surface area contributed by atoms with Crippen LogP contribution in [0.1, 0.15) is 33.3 Å². The summed E-state index contributed by atoms with van der Waals surface area (Å²) in [6, 6.07) is 12.4. The fourth-order valence-electron chi connectivity index (χ4n) is 2.96. The van der Waals surface area contributed by atoms with Crippen molar-refractivity contribution in [3.63, 3.8) is 0 Å². The van der Waals surface area contributed by atoms with Crippen molar-refractivity contribution in [2.45, 2.75) is 13.0 Å². The third kappa shape index (κ3) is 2.19. The molecular formula is C18H12BrNO3. The van der Waals surface area contributed by atoms with Gasteiger partial charge in [0.25, 0.3) is 5.91 Å². The number of benzene rings is 2. The molecule has 2 heterocycles. The van der Waals surface area contributed by atoms with Gasteiger partial charge in [0.1, 0.15) is 5.58 Å². The second kappa shape index (κ2) is 5.06. The van der Waals surface area contributed by atoms with Gasteiger partial charge in [-0.25, -0.2) is 0 Å². The molecule has 114 valence electrons. The summed E-state index contributed by atoms with van der Waals surface area (Å²) in [5.41, 5.74) is 2.47. The Bertz CT molecular complexity index is 1020. The van der Waals surface area contributed by atoms with Crippen LogP contribution in [-0.4, -0.2) is 5.91 Å². The van der Waals surface area contributed by atoms with Crippen LogP contribution in [-0.2, 0) is 0 Å². The lowest BCUT2D eigenvalue weighted by atomic mass is 9.99. The third-order valence-corrected chi connectivity index (χ3v) is 4.53. The highest BCUT2D eigenvalue weighted by molar-refractivity contribution is 9.10. The summed E-state index contributed by atoms with van der Waals surface area (Å²) in [5, 5.41) is 3.34. The van der Waals surface area contributed by atoms with Crippen molar-refractivity contribution in [1.82, 2.24) is 5.32 Å². The minimum absolute atomic E-state index is 0.108. The molecule has 2 aromatic carbocycles. The molecule has 0 saturated carbocycles. The predicted octanol–water partition coefficient (Wildman–Crippen LogP) is 3.70. The maximum atomic E-state index is 12.9. The van der Waals surface area contributed by atoms with Crippen LogP contribution >= 0.6 is 15.9 Å². The highest BCUT2D eigenvalue weighted by Crippen LogP contribution is 2.32. The number of hydrogen-bond acceptors (Lipinski definition) is 3. The summed E-state index contributed by atoms with van der Waals surface area (Å²) < 4.78 is 6.60. The SMILES string of the molecule is Cc1ccc2oc3c(c(=O)c2c1)C(c1cccc(Br)c1)NC3=O. The molecule has 1 unspecified atom stereocenters. The minimum Gasteiger partial charge on any atom is -0.450 e. The Morgan fingerprint density at radius 1 is 1.13 bits per heavy atom. The van der Waals surface area contributed by atoms with Gasteiger partial charge in [0.15, 0.2) is 5.43 Å². The standard InChI is InChI=1S/C18H12BrNO3/c1-9-5-6-13-12(7-9)16(21)14-15(20-18(22)17(14)23-13)10-3-2-4-11(19)8-10/h2-8,15H,1H3,(H,20,22). The van der Waals surface area contributed by atoms with E-state index in [9.17, 15) is 9.59 Å². The van der Waals surface area contributed by atoms with Crippen molar-refractivity contribution in [3.05, 3.63) is 79.6 Å². The zero-order valence-corrected chi connectivity index (χ0v) is 13.8. The highest BCUT2D eigenvalue weighted by Gasteiger charge is 2.35. The Hall–Kier alpha value is -2.40. The molecule has 0 bridgehead atoms. The Morgan fingerprint density at radius 3 is 2.74 bits per heavy atom. The Morgan fingerprint density at radius 2 is 1.96 bits per heavy atom. The van der Waals surface area contributed by atoms with Gasteiger partial charge >= 0.3 is 0 Å². The van der Waals surface area contributed by atoms with Crippen molar-refractivity contribution in [3.8, 4) is 0 Å². The number of aryl methyl sites for hydroxylation is 1. The smallest absolute Gasteiger partial charge is 0.288 e. The van der Waals surface area contributed by atoms with Crippen LogP contribution in [0.4, 0.5) is 0 Å². The first-order chi connectivity index (χ1) is 11.0. The van der Waals surface area contributed by atoms with Crippen molar-refractivity contribution < 1.29 is 9.21 Å². The zero-order chi connectivity index (χ0) is 16.1. The van der Waals surface area contributed by atoms with Crippen LogP contribution in [0.15, 0.2) is 56.1 Å². The molecule has 1 N–H and O–H groups in total. The van der Waals surface area contributed by atoms with Crippen LogP contribution < -0.4 is 10.7 Å². The van der Waals surface area contributed by atoms with Gasteiger partial charge in [-0.05, 0) is 36.8 Å². The summed E-state index contributed by atoms with van der Waals surface area (Å²) in [6.07, 6.45) is 0. The fraction of sp³-hybridized carbons (Fsp3) is 0.111. The molecule has 0 fully saturated rings. The molecule has 0 aliphatic carbocycles. The largest absolute Gasteiger partial charge is 0.450 e. The van der Waals surface area contributed by atoms with Gasteiger partial charge in [-0.15, -0.1) is 0 Å². The van der Waals surface area contributed by atoms with Gasteiger partial charge in [-0.3, -0.25) is 9.59 Å². The van der Waals surface area contributed by atoms with Crippen LogP contribution in [0.5, 0.6) is 0 Å². The Kier molecular flexibility index (Phi) is 3.13.